The van der Waals surface area contributed by atoms with E-state index in [4.69, 9.17) is 20.2 Å². The molecule has 0 saturated carbocycles. The van der Waals surface area contributed by atoms with Crippen LogP contribution in [-0.2, 0) is 16.0 Å². The molecule has 1 aliphatic heterocycles. The predicted octanol–water partition coefficient (Wildman–Crippen LogP) is 5.19. The van der Waals surface area contributed by atoms with Crippen molar-refractivity contribution in [3.05, 3.63) is 76.5 Å². The van der Waals surface area contributed by atoms with Crippen LogP contribution in [0, 0.1) is 20.8 Å². The molecular weight excluding hydrogens is 546 g/mol. The zero-order valence-corrected chi connectivity index (χ0v) is 24.4. The van der Waals surface area contributed by atoms with Gasteiger partial charge in [0.15, 0.2) is 5.82 Å². The average Bonchev–Trinajstić information content (AvgIpc) is 2.90. The minimum atomic E-state index is -2.76. The molecule has 0 radical (unpaired) electrons. The van der Waals surface area contributed by atoms with Crippen molar-refractivity contribution in [3.63, 3.8) is 0 Å². The molecule has 0 bridgehead atoms. The van der Waals surface area contributed by atoms with Gasteiger partial charge in [-0.25, -0.2) is 19.0 Å². The number of rotatable bonds is 7. The summed E-state index contributed by atoms with van der Waals surface area (Å²) in [5.41, 5.74) is 9.85. The summed E-state index contributed by atoms with van der Waals surface area (Å²) in [6.45, 7) is 10.1. The van der Waals surface area contributed by atoms with Gasteiger partial charge in [-0.2, -0.15) is 4.31 Å². The quantitative estimate of drug-likeness (QED) is 0.361. The minimum Gasteiger partial charge on any atom is -0.447 e. The molecule has 2 aromatic heterocycles. The second-order valence-electron chi connectivity index (χ2n) is 9.99. The number of hydrogen-bond donors (Lipinski definition) is 2. The SMILES string of the molecule is Cc1cc(C)c(Oc2nc(C3=CCN(C(=O)OC(C)C)CC3)ccc2C(=O)N(c2cccc(N)n2)S(=O)O)c(C)c1. The van der Waals surface area contributed by atoms with E-state index < -0.39 is 17.2 Å². The maximum atomic E-state index is 13.7. The predicted molar refractivity (Wildman–Crippen MR) is 157 cm³/mol. The number of carbonyl (C=O) groups excluding carboxylic acids is 2. The molecule has 1 aromatic carbocycles. The summed E-state index contributed by atoms with van der Waals surface area (Å²) in [6.07, 6.45) is 1.79. The number of nitrogens with zero attached hydrogens (tertiary/aromatic N) is 4. The van der Waals surface area contributed by atoms with E-state index >= 15 is 0 Å². The maximum absolute atomic E-state index is 13.7. The summed E-state index contributed by atoms with van der Waals surface area (Å²) < 4.78 is 34.6. The first-order valence-corrected chi connectivity index (χ1v) is 14.1. The van der Waals surface area contributed by atoms with E-state index in [1.54, 1.807) is 24.8 Å². The number of ether oxygens (including phenoxy) is 2. The van der Waals surface area contributed by atoms with Gasteiger partial charge in [0, 0.05) is 13.1 Å². The van der Waals surface area contributed by atoms with Gasteiger partial charge in [-0.3, -0.25) is 9.35 Å². The molecule has 2 amide bonds. The number of carbonyl (C=O) groups is 2. The maximum Gasteiger partial charge on any atom is 0.410 e. The highest BCUT2D eigenvalue weighted by Crippen LogP contribution is 2.34. The number of hydrogen-bond acceptors (Lipinski definition) is 8. The Morgan fingerprint density at radius 1 is 1.10 bits per heavy atom. The van der Waals surface area contributed by atoms with Crippen molar-refractivity contribution in [1.82, 2.24) is 14.9 Å². The molecule has 1 atom stereocenters. The molecule has 3 N–H and O–H groups in total. The Bertz CT molecular complexity index is 1520. The summed E-state index contributed by atoms with van der Waals surface area (Å²) in [4.78, 5) is 36.4. The van der Waals surface area contributed by atoms with Gasteiger partial charge in [-0.15, -0.1) is 0 Å². The third-order valence-electron chi connectivity index (χ3n) is 6.33. The zero-order valence-electron chi connectivity index (χ0n) is 23.6. The minimum absolute atomic E-state index is 0.0375. The molecule has 0 aliphatic carbocycles. The summed E-state index contributed by atoms with van der Waals surface area (Å²) in [7, 11) is 0. The van der Waals surface area contributed by atoms with Crippen molar-refractivity contribution >= 4 is 40.5 Å². The van der Waals surface area contributed by atoms with Crippen molar-refractivity contribution in [2.75, 3.05) is 23.1 Å². The van der Waals surface area contributed by atoms with Crippen LogP contribution in [0.3, 0.4) is 0 Å². The molecule has 0 saturated heterocycles. The number of amides is 2. The standard InChI is InChI=1S/C29H33N5O6S/c1-17(2)39-29(36)33-13-11-21(12-14-33)23-10-9-22(27(31-23)40-26-19(4)15-18(3)16-20(26)5)28(35)34(41(37)38)25-8-6-7-24(30)32-25/h6-11,15-17H,12-14H2,1-5H3,(H2,30,32)(H,37,38). The lowest BCUT2D eigenvalue weighted by atomic mass is 10.0. The number of pyridine rings is 2. The van der Waals surface area contributed by atoms with Crippen molar-refractivity contribution in [3.8, 4) is 11.6 Å². The Hall–Kier alpha value is -4.29. The normalized spacial score (nSPS) is 13.9. The molecule has 3 heterocycles. The zero-order chi connectivity index (χ0) is 29.8. The molecule has 0 fully saturated rings. The van der Waals surface area contributed by atoms with Gasteiger partial charge in [0.2, 0.25) is 5.88 Å². The van der Waals surface area contributed by atoms with Crippen molar-refractivity contribution in [2.24, 2.45) is 0 Å². The molecule has 41 heavy (non-hydrogen) atoms. The Morgan fingerprint density at radius 3 is 2.39 bits per heavy atom. The van der Waals surface area contributed by atoms with E-state index in [9.17, 15) is 18.4 Å². The highest BCUT2D eigenvalue weighted by atomic mass is 32.2. The van der Waals surface area contributed by atoms with E-state index in [0.717, 1.165) is 22.3 Å². The topological polar surface area (TPSA) is 148 Å². The first-order valence-electron chi connectivity index (χ1n) is 13.0. The van der Waals surface area contributed by atoms with Crippen LogP contribution in [0.25, 0.3) is 5.57 Å². The monoisotopic (exact) mass is 579 g/mol. The lowest BCUT2D eigenvalue weighted by Crippen LogP contribution is -2.36. The lowest BCUT2D eigenvalue weighted by molar-refractivity contribution is 0.0798. The van der Waals surface area contributed by atoms with Crippen LogP contribution in [0.5, 0.6) is 11.6 Å². The molecule has 0 spiro atoms. The smallest absolute Gasteiger partial charge is 0.410 e. The van der Waals surface area contributed by atoms with Crippen LogP contribution in [-0.4, -0.2) is 54.8 Å². The van der Waals surface area contributed by atoms with Gasteiger partial charge >= 0.3 is 6.09 Å². The largest absolute Gasteiger partial charge is 0.447 e. The Balaban J connectivity index is 1.75. The summed E-state index contributed by atoms with van der Waals surface area (Å²) in [6, 6.07) is 11.5. The molecule has 11 nitrogen and oxygen atoms in total. The van der Waals surface area contributed by atoms with E-state index in [1.807, 2.05) is 39.0 Å². The van der Waals surface area contributed by atoms with Crippen LogP contribution in [0.4, 0.5) is 16.4 Å². The van der Waals surface area contributed by atoms with Gasteiger partial charge in [0.05, 0.1) is 11.8 Å². The first kappa shape index (κ1) is 29.7. The van der Waals surface area contributed by atoms with E-state index in [0.29, 0.717) is 35.3 Å². The number of aryl methyl sites for hydroxylation is 3. The molecule has 12 heteroatoms. The number of anilines is 2. The lowest BCUT2D eigenvalue weighted by Gasteiger charge is -2.26. The Morgan fingerprint density at radius 2 is 1.80 bits per heavy atom. The molecule has 4 rings (SSSR count). The van der Waals surface area contributed by atoms with Gasteiger partial charge in [-0.1, -0.05) is 29.8 Å². The van der Waals surface area contributed by atoms with E-state index in [-0.39, 0.29) is 35.3 Å². The van der Waals surface area contributed by atoms with Crippen LogP contribution in [0.1, 0.15) is 53.0 Å². The first-order chi connectivity index (χ1) is 19.4. The third-order valence-corrected chi connectivity index (χ3v) is 7.00. The van der Waals surface area contributed by atoms with Crippen LogP contribution in [0.15, 0.2) is 48.5 Å². The highest BCUT2D eigenvalue weighted by Gasteiger charge is 2.29. The van der Waals surface area contributed by atoms with Gasteiger partial charge in [0.1, 0.15) is 17.1 Å². The van der Waals surface area contributed by atoms with Crippen molar-refractivity contribution in [1.29, 1.82) is 0 Å². The fourth-order valence-electron chi connectivity index (χ4n) is 4.55. The highest BCUT2D eigenvalue weighted by molar-refractivity contribution is 7.81. The fraction of sp³-hybridized carbons (Fsp3) is 0.310. The van der Waals surface area contributed by atoms with E-state index in [1.165, 1.54) is 24.3 Å². The summed E-state index contributed by atoms with van der Waals surface area (Å²) >= 11 is -2.76. The molecule has 3 aromatic rings. The van der Waals surface area contributed by atoms with Crippen LogP contribution >= 0.6 is 0 Å². The van der Waals surface area contributed by atoms with E-state index in [2.05, 4.69) is 4.98 Å². The van der Waals surface area contributed by atoms with Gasteiger partial charge in [0.25, 0.3) is 17.2 Å². The average molecular weight is 580 g/mol. The molecule has 216 valence electrons. The second kappa shape index (κ2) is 12.5. The summed E-state index contributed by atoms with van der Waals surface area (Å²) in [5.74, 6) is -0.382. The van der Waals surface area contributed by atoms with Crippen molar-refractivity contribution in [2.45, 2.75) is 47.1 Å². The number of benzene rings is 1. The second-order valence-corrected chi connectivity index (χ2v) is 10.8. The number of nitrogen functional groups attached to an aromatic ring is 1. The molecule has 1 aliphatic rings. The number of aromatic nitrogens is 2. The van der Waals surface area contributed by atoms with Crippen molar-refractivity contribution < 1.29 is 27.8 Å². The molecule has 1 unspecified atom stereocenters. The van der Waals surface area contributed by atoms with Crippen LogP contribution < -0.4 is 14.8 Å². The van der Waals surface area contributed by atoms with Gasteiger partial charge < -0.3 is 20.1 Å². The van der Waals surface area contributed by atoms with Gasteiger partial charge in [-0.05, 0) is 82.0 Å². The Kier molecular flexibility index (Phi) is 9.04. The molecular formula is C29H33N5O6S. The fourth-order valence-corrected chi connectivity index (χ4v) is 5.05. The third kappa shape index (κ3) is 6.90. The summed E-state index contributed by atoms with van der Waals surface area (Å²) in [5, 5.41) is 0. The number of nitrogens with two attached hydrogens (primary N) is 1. The Labute approximate surface area is 241 Å². The van der Waals surface area contributed by atoms with Crippen LogP contribution in [0.2, 0.25) is 0 Å².